The number of esters is 1. The van der Waals surface area contributed by atoms with Crippen molar-refractivity contribution in [3.8, 4) is 5.75 Å². The van der Waals surface area contributed by atoms with E-state index >= 15 is 0 Å². The molecule has 1 heterocycles. The zero-order valence-corrected chi connectivity index (χ0v) is 12.2. The molecule has 1 aromatic rings. The molecule has 0 aliphatic carbocycles. The Balaban J connectivity index is 2.44. The molecule has 2 amide bonds. The molecule has 0 spiro atoms. The third kappa shape index (κ3) is 2.84. The lowest BCUT2D eigenvalue weighted by molar-refractivity contribution is -0.140. The van der Waals surface area contributed by atoms with Crippen LogP contribution < -0.4 is 5.32 Å². The number of rotatable bonds is 3. The van der Waals surface area contributed by atoms with E-state index in [0.717, 1.165) is 5.56 Å². The second-order valence-electron chi connectivity index (χ2n) is 4.79. The molecule has 1 atom stereocenters. The van der Waals surface area contributed by atoms with Crippen LogP contribution in [0.15, 0.2) is 35.5 Å². The second-order valence-corrected chi connectivity index (χ2v) is 4.79. The molecule has 21 heavy (non-hydrogen) atoms. The normalized spacial score (nSPS) is 18.5. The van der Waals surface area contributed by atoms with E-state index in [4.69, 9.17) is 4.74 Å². The molecule has 0 fully saturated rings. The van der Waals surface area contributed by atoms with Crippen molar-refractivity contribution in [3.05, 3.63) is 41.1 Å². The van der Waals surface area contributed by atoms with E-state index in [1.807, 2.05) is 0 Å². The fourth-order valence-corrected chi connectivity index (χ4v) is 2.33. The molecule has 1 aliphatic rings. The summed E-state index contributed by atoms with van der Waals surface area (Å²) in [6.45, 7) is 3.74. The number of nitrogens with one attached hydrogen (secondary N) is 1. The number of hydrogen-bond donors (Lipinski definition) is 2. The van der Waals surface area contributed by atoms with Gasteiger partial charge in [-0.1, -0.05) is 12.1 Å². The molecule has 2 rings (SSSR count). The number of hydrogen-bond acceptors (Lipinski definition) is 4. The van der Waals surface area contributed by atoms with Crippen molar-refractivity contribution in [2.45, 2.75) is 19.9 Å². The van der Waals surface area contributed by atoms with E-state index in [1.165, 1.54) is 24.1 Å². The number of urea groups is 1. The van der Waals surface area contributed by atoms with Gasteiger partial charge in [-0.2, -0.15) is 0 Å². The minimum absolute atomic E-state index is 0.144. The van der Waals surface area contributed by atoms with Crippen LogP contribution in [0, 0.1) is 0 Å². The first kappa shape index (κ1) is 14.9. The molecule has 0 aromatic heterocycles. The number of phenolic OH excluding ortho intramolecular Hbond substituents is 1. The highest BCUT2D eigenvalue weighted by atomic mass is 16.5. The topological polar surface area (TPSA) is 78.9 Å². The molecule has 1 aliphatic heterocycles. The van der Waals surface area contributed by atoms with Crippen LogP contribution in [0.5, 0.6) is 5.75 Å². The summed E-state index contributed by atoms with van der Waals surface area (Å²) in [6.07, 6.45) is 0. The van der Waals surface area contributed by atoms with E-state index in [9.17, 15) is 14.7 Å². The van der Waals surface area contributed by atoms with Crippen molar-refractivity contribution in [1.29, 1.82) is 0 Å². The Morgan fingerprint density at radius 3 is 2.57 bits per heavy atom. The standard InChI is InChI=1S/C15H18N2O4/c1-4-21-14(19)13-9(2)12(16-15(20)17(13)3)10-5-7-11(18)8-6-10/h5-8,12,18H,4H2,1-3H3,(H,16,20)/t12-/m0/s1. The Morgan fingerprint density at radius 1 is 1.38 bits per heavy atom. The first-order chi connectivity index (χ1) is 9.95. The maximum absolute atomic E-state index is 12.1. The van der Waals surface area contributed by atoms with Gasteiger partial charge >= 0.3 is 12.0 Å². The molecule has 112 valence electrons. The van der Waals surface area contributed by atoms with Gasteiger partial charge in [0.1, 0.15) is 11.4 Å². The van der Waals surface area contributed by atoms with Crippen molar-refractivity contribution in [1.82, 2.24) is 10.2 Å². The fourth-order valence-electron chi connectivity index (χ4n) is 2.33. The summed E-state index contributed by atoms with van der Waals surface area (Å²) >= 11 is 0. The Hall–Kier alpha value is -2.50. The Labute approximate surface area is 123 Å². The van der Waals surface area contributed by atoms with Gasteiger partial charge in [0.2, 0.25) is 0 Å². The van der Waals surface area contributed by atoms with Gasteiger partial charge in [-0.15, -0.1) is 0 Å². The molecule has 6 heteroatoms. The van der Waals surface area contributed by atoms with E-state index in [1.54, 1.807) is 26.0 Å². The first-order valence-corrected chi connectivity index (χ1v) is 6.66. The zero-order chi connectivity index (χ0) is 15.6. The van der Waals surface area contributed by atoms with Crippen molar-refractivity contribution in [3.63, 3.8) is 0 Å². The van der Waals surface area contributed by atoms with Gasteiger partial charge in [0, 0.05) is 7.05 Å². The van der Waals surface area contributed by atoms with Crippen LogP contribution in [0.25, 0.3) is 0 Å². The Kier molecular flexibility index (Phi) is 4.16. The SMILES string of the molecule is CCOC(=O)C1=C(C)[C@@H](c2ccc(O)cc2)NC(=O)N1C. The number of aromatic hydroxyl groups is 1. The number of carbonyl (C=O) groups excluding carboxylic acids is 2. The summed E-state index contributed by atoms with van der Waals surface area (Å²) < 4.78 is 5.02. The van der Waals surface area contributed by atoms with Crippen molar-refractivity contribution < 1.29 is 19.4 Å². The van der Waals surface area contributed by atoms with Crippen molar-refractivity contribution >= 4 is 12.0 Å². The Bertz CT molecular complexity index is 592. The molecule has 0 bridgehead atoms. The number of carbonyl (C=O) groups is 2. The molecular weight excluding hydrogens is 272 g/mol. The number of phenols is 1. The first-order valence-electron chi connectivity index (χ1n) is 6.66. The lowest BCUT2D eigenvalue weighted by Gasteiger charge is -2.33. The number of nitrogens with zero attached hydrogens (tertiary/aromatic N) is 1. The summed E-state index contributed by atoms with van der Waals surface area (Å²) in [5.41, 5.74) is 1.73. The average molecular weight is 290 g/mol. The van der Waals surface area contributed by atoms with Gasteiger partial charge in [-0.25, -0.2) is 9.59 Å². The minimum atomic E-state index is -0.517. The third-order valence-corrected chi connectivity index (χ3v) is 3.41. The predicted octanol–water partition coefficient (Wildman–Crippen LogP) is 1.93. The van der Waals surface area contributed by atoms with Crippen LogP contribution in [0.1, 0.15) is 25.5 Å². The van der Waals surface area contributed by atoms with Crippen molar-refractivity contribution in [2.75, 3.05) is 13.7 Å². The third-order valence-electron chi connectivity index (χ3n) is 3.41. The van der Waals surface area contributed by atoms with Crippen LogP contribution in [0.3, 0.4) is 0 Å². The fraction of sp³-hybridized carbons (Fsp3) is 0.333. The summed E-state index contributed by atoms with van der Waals surface area (Å²) in [5.74, 6) is -0.374. The molecule has 0 radical (unpaired) electrons. The summed E-state index contributed by atoms with van der Waals surface area (Å²) in [6, 6.07) is 5.69. The van der Waals surface area contributed by atoms with Crippen LogP contribution in [0.4, 0.5) is 4.79 Å². The van der Waals surface area contributed by atoms with Crippen LogP contribution in [-0.2, 0) is 9.53 Å². The molecule has 0 saturated carbocycles. The van der Waals surface area contributed by atoms with Gasteiger partial charge in [0.25, 0.3) is 0 Å². The molecule has 0 saturated heterocycles. The highest BCUT2D eigenvalue weighted by Crippen LogP contribution is 2.30. The second kappa shape index (κ2) is 5.87. The van der Waals surface area contributed by atoms with Crippen molar-refractivity contribution in [2.24, 2.45) is 0 Å². The van der Waals surface area contributed by atoms with E-state index in [0.29, 0.717) is 5.57 Å². The van der Waals surface area contributed by atoms with Gasteiger partial charge in [0.15, 0.2) is 0 Å². The minimum Gasteiger partial charge on any atom is -0.508 e. The maximum Gasteiger partial charge on any atom is 0.355 e. The lowest BCUT2D eigenvalue weighted by atomic mass is 9.96. The molecule has 0 unspecified atom stereocenters. The number of benzene rings is 1. The van der Waals surface area contributed by atoms with E-state index in [2.05, 4.69) is 5.32 Å². The van der Waals surface area contributed by atoms with Crippen LogP contribution in [0.2, 0.25) is 0 Å². The summed E-state index contributed by atoms with van der Waals surface area (Å²) in [5, 5.41) is 12.2. The maximum atomic E-state index is 12.1. The number of ether oxygens (including phenoxy) is 1. The summed E-state index contributed by atoms with van der Waals surface area (Å²) in [7, 11) is 1.53. The largest absolute Gasteiger partial charge is 0.508 e. The molecule has 6 nitrogen and oxygen atoms in total. The smallest absolute Gasteiger partial charge is 0.355 e. The van der Waals surface area contributed by atoms with Gasteiger partial charge in [0.05, 0.1) is 12.6 Å². The Morgan fingerprint density at radius 2 is 2.00 bits per heavy atom. The van der Waals surface area contributed by atoms with E-state index in [-0.39, 0.29) is 24.1 Å². The van der Waals surface area contributed by atoms with Gasteiger partial charge < -0.3 is 15.2 Å². The predicted molar refractivity (Wildman–Crippen MR) is 76.5 cm³/mol. The summed E-state index contributed by atoms with van der Waals surface area (Å²) in [4.78, 5) is 25.3. The van der Waals surface area contributed by atoms with Crippen LogP contribution in [-0.4, -0.2) is 35.7 Å². The van der Waals surface area contributed by atoms with E-state index < -0.39 is 12.0 Å². The monoisotopic (exact) mass is 290 g/mol. The number of amides is 2. The zero-order valence-electron chi connectivity index (χ0n) is 12.2. The highest BCUT2D eigenvalue weighted by Gasteiger charge is 2.33. The highest BCUT2D eigenvalue weighted by molar-refractivity contribution is 5.96. The van der Waals surface area contributed by atoms with Crippen LogP contribution >= 0.6 is 0 Å². The lowest BCUT2D eigenvalue weighted by Crippen LogP contribution is -2.46. The average Bonchev–Trinajstić information content (AvgIpc) is 2.44. The molecular formula is C15H18N2O4. The molecule has 1 aromatic carbocycles. The molecule has 2 N–H and O–H groups in total. The van der Waals surface area contributed by atoms with Gasteiger partial charge in [-0.3, -0.25) is 4.90 Å². The quantitative estimate of drug-likeness (QED) is 0.834. The number of likely N-dealkylation sites (N-methyl/N-ethyl adjacent to an activating group) is 1. The van der Waals surface area contributed by atoms with Gasteiger partial charge in [-0.05, 0) is 37.1 Å².